The summed E-state index contributed by atoms with van der Waals surface area (Å²) in [6, 6.07) is 7.65. The molecule has 0 radical (unpaired) electrons. The van der Waals surface area contributed by atoms with Crippen molar-refractivity contribution in [2.24, 2.45) is 11.8 Å². The summed E-state index contributed by atoms with van der Waals surface area (Å²) in [7, 11) is 0. The van der Waals surface area contributed by atoms with Crippen molar-refractivity contribution in [3.8, 4) is 5.75 Å². The molecule has 1 aliphatic rings. The second kappa shape index (κ2) is 6.74. The third-order valence-corrected chi connectivity index (χ3v) is 4.25. The minimum absolute atomic E-state index is 0.199. The number of para-hydroxylation sites is 1. The molecule has 0 aromatic heterocycles. The van der Waals surface area contributed by atoms with E-state index in [-0.39, 0.29) is 11.7 Å². The fourth-order valence-electron chi connectivity index (χ4n) is 3.00. The number of carbonyl (C=O) groups excluding carboxylic acids is 1. The van der Waals surface area contributed by atoms with Crippen LogP contribution < -0.4 is 4.74 Å². The fourth-order valence-corrected chi connectivity index (χ4v) is 3.00. The van der Waals surface area contributed by atoms with E-state index in [4.69, 9.17) is 4.74 Å². The molecule has 0 amide bonds. The zero-order chi connectivity index (χ0) is 13.7. The fraction of sp³-hybridized carbons (Fsp3) is 0.588. The van der Waals surface area contributed by atoms with E-state index in [0.29, 0.717) is 6.61 Å². The van der Waals surface area contributed by atoms with Gasteiger partial charge in [-0.15, -0.1) is 0 Å². The van der Waals surface area contributed by atoms with Crippen molar-refractivity contribution in [2.75, 3.05) is 6.61 Å². The van der Waals surface area contributed by atoms with E-state index in [9.17, 15) is 4.79 Å². The number of benzene rings is 1. The van der Waals surface area contributed by atoms with E-state index < -0.39 is 0 Å². The van der Waals surface area contributed by atoms with Crippen molar-refractivity contribution in [1.82, 2.24) is 0 Å². The summed E-state index contributed by atoms with van der Waals surface area (Å²) in [4.78, 5) is 12.6. The normalized spacial score (nSPS) is 23.1. The van der Waals surface area contributed by atoms with Crippen molar-refractivity contribution in [3.05, 3.63) is 29.8 Å². The van der Waals surface area contributed by atoms with E-state index in [1.54, 1.807) is 0 Å². The van der Waals surface area contributed by atoms with Crippen LogP contribution in [0.5, 0.6) is 5.75 Å². The Morgan fingerprint density at radius 1 is 1.16 bits per heavy atom. The van der Waals surface area contributed by atoms with E-state index in [1.165, 1.54) is 19.3 Å². The second-order valence-corrected chi connectivity index (χ2v) is 5.42. The van der Waals surface area contributed by atoms with Crippen molar-refractivity contribution in [1.29, 1.82) is 0 Å². The maximum absolute atomic E-state index is 12.6. The second-order valence-electron chi connectivity index (χ2n) is 5.42. The van der Waals surface area contributed by atoms with Gasteiger partial charge in [-0.1, -0.05) is 25.5 Å². The lowest BCUT2D eigenvalue weighted by molar-refractivity contribution is 0.0867. The minimum atomic E-state index is 0.199. The predicted molar refractivity (Wildman–Crippen MR) is 77.7 cm³/mol. The van der Waals surface area contributed by atoms with Crippen LogP contribution >= 0.6 is 0 Å². The van der Waals surface area contributed by atoms with Gasteiger partial charge in [0.05, 0.1) is 12.2 Å². The molecule has 0 N–H and O–H groups in total. The van der Waals surface area contributed by atoms with E-state index >= 15 is 0 Å². The molecule has 2 nitrogen and oxygen atoms in total. The van der Waals surface area contributed by atoms with Crippen molar-refractivity contribution < 1.29 is 9.53 Å². The first-order valence-electron chi connectivity index (χ1n) is 7.52. The van der Waals surface area contributed by atoms with Crippen LogP contribution in [0.15, 0.2) is 24.3 Å². The number of ether oxygens (including phenoxy) is 1. The molecule has 1 aliphatic carbocycles. The van der Waals surface area contributed by atoms with Gasteiger partial charge in [0.15, 0.2) is 5.78 Å². The average Bonchev–Trinajstić information content (AvgIpc) is 2.47. The van der Waals surface area contributed by atoms with Crippen LogP contribution in [0, 0.1) is 11.8 Å². The lowest BCUT2D eigenvalue weighted by Gasteiger charge is -2.27. The summed E-state index contributed by atoms with van der Waals surface area (Å²) >= 11 is 0. The first kappa shape index (κ1) is 14.1. The Morgan fingerprint density at radius 3 is 2.47 bits per heavy atom. The topological polar surface area (TPSA) is 26.3 Å². The largest absolute Gasteiger partial charge is 0.493 e. The molecule has 1 saturated carbocycles. The summed E-state index contributed by atoms with van der Waals surface area (Å²) in [5.41, 5.74) is 0.768. The zero-order valence-corrected chi connectivity index (χ0v) is 12.0. The Bertz CT molecular complexity index is 417. The number of hydrogen-bond acceptors (Lipinski definition) is 2. The highest BCUT2D eigenvalue weighted by molar-refractivity contribution is 6.00. The smallest absolute Gasteiger partial charge is 0.169 e. The monoisotopic (exact) mass is 260 g/mol. The number of hydrogen-bond donors (Lipinski definition) is 0. The standard InChI is InChI=1S/C17H24O2/c1-3-13-9-11-14(12-10-13)17(18)15-7-5-6-8-16(15)19-4-2/h5-8,13-14H,3-4,9-12H2,1-2H3. The quantitative estimate of drug-likeness (QED) is 0.729. The van der Waals surface area contributed by atoms with Crippen LogP contribution in [0.1, 0.15) is 56.3 Å². The highest BCUT2D eigenvalue weighted by Crippen LogP contribution is 2.34. The summed E-state index contributed by atoms with van der Waals surface area (Å²) in [6.45, 7) is 4.80. The van der Waals surface area contributed by atoms with Crippen molar-refractivity contribution in [3.63, 3.8) is 0 Å². The summed E-state index contributed by atoms with van der Waals surface area (Å²) in [5, 5.41) is 0. The lowest BCUT2D eigenvalue weighted by atomic mass is 9.77. The van der Waals surface area contributed by atoms with Gasteiger partial charge in [-0.25, -0.2) is 0 Å². The molecule has 0 unspecified atom stereocenters. The van der Waals surface area contributed by atoms with E-state index in [0.717, 1.165) is 30.1 Å². The SMILES string of the molecule is CCOc1ccccc1C(=O)C1CCC(CC)CC1. The van der Waals surface area contributed by atoms with Crippen LogP contribution in [-0.2, 0) is 0 Å². The molecule has 0 atom stereocenters. The Morgan fingerprint density at radius 2 is 1.84 bits per heavy atom. The highest BCUT2D eigenvalue weighted by atomic mass is 16.5. The molecule has 2 rings (SSSR count). The molecule has 0 heterocycles. The third-order valence-electron chi connectivity index (χ3n) is 4.25. The lowest BCUT2D eigenvalue weighted by Crippen LogP contribution is -2.22. The molecule has 0 saturated heterocycles. The molecule has 0 bridgehead atoms. The molecule has 1 fully saturated rings. The van der Waals surface area contributed by atoms with Crippen LogP contribution in [-0.4, -0.2) is 12.4 Å². The molecule has 2 heteroatoms. The van der Waals surface area contributed by atoms with Gasteiger partial charge >= 0.3 is 0 Å². The number of carbonyl (C=O) groups is 1. The van der Waals surface area contributed by atoms with Gasteiger partial charge in [0, 0.05) is 5.92 Å². The highest BCUT2D eigenvalue weighted by Gasteiger charge is 2.27. The van der Waals surface area contributed by atoms with Gasteiger partial charge in [-0.2, -0.15) is 0 Å². The molecule has 19 heavy (non-hydrogen) atoms. The molecule has 0 spiro atoms. The van der Waals surface area contributed by atoms with Crippen molar-refractivity contribution >= 4 is 5.78 Å². The van der Waals surface area contributed by atoms with Gasteiger partial charge in [0.2, 0.25) is 0 Å². The first-order chi connectivity index (χ1) is 9.26. The maximum atomic E-state index is 12.6. The Labute approximate surface area is 116 Å². The Hall–Kier alpha value is -1.31. The molecule has 104 valence electrons. The molecular weight excluding hydrogens is 236 g/mol. The Balaban J connectivity index is 2.07. The van der Waals surface area contributed by atoms with Crippen LogP contribution in [0.2, 0.25) is 0 Å². The average molecular weight is 260 g/mol. The molecule has 0 aliphatic heterocycles. The summed E-state index contributed by atoms with van der Waals surface area (Å²) in [5.74, 6) is 2.04. The van der Waals surface area contributed by atoms with Gasteiger partial charge in [-0.05, 0) is 50.7 Å². The van der Waals surface area contributed by atoms with Gasteiger partial charge < -0.3 is 4.74 Å². The molecular formula is C17H24O2. The maximum Gasteiger partial charge on any atom is 0.169 e. The van der Waals surface area contributed by atoms with Crippen molar-refractivity contribution in [2.45, 2.75) is 46.0 Å². The first-order valence-corrected chi connectivity index (χ1v) is 7.52. The summed E-state index contributed by atoms with van der Waals surface area (Å²) in [6.07, 6.45) is 5.72. The minimum Gasteiger partial charge on any atom is -0.493 e. The van der Waals surface area contributed by atoms with Gasteiger partial charge in [0.1, 0.15) is 5.75 Å². The van der Waals surface area contributed by atoms with Crippen LogP contribution in [0.4, 0.5) is 0 Å². The molecule has 1 aromatic carbocycles. The predicted octanol–water partition coefficient (Wildman–Crippen LogP) is 4.48. The third kappa shape index (κ3) is 3.37. The zero-order valence-electron chi connectivity index (χ0n) is 12.0. The Kier molecular flexibility index (Phi) is 5.00. The van der Waals surface area contributed by atoms with E-state index in [2.05, 4.69) is 6.92 Å². The number of Topliss-reactive ketones (excluding diaryl/α,β-unsaturated/α-hetero) is 1. The summed E-state index contributed by atoms with van der Waals surface area (Å²) < 4.78 is 5.57. The van der Waals surface area contributed by atoms with Crippen LogP contribution in [0.25, 0.3) is 0 Å². The van der Waals surface area contributed by atoms with Crippen LogP contribution in [0.3, 0.4) is 0 Å². The van der Waals surface area contributed by atoms with Gasteiger partial charge in [-0.3, -0.25) is 4.79 Å². The van der Waals surface area contributed by atoms with E-state index in [1.807, 2.05) is 31.2 Å². The number of rotatable bonds is 5. The molecule has 1 aromatic rings. The van der Waals surface area contributed by atoms with Gasteiger partial charge in [0.25, 0.3) is 0 Å². The number of ketones is 1.